The molecule has 0 radical (unpaired) electrons. The number of hydrogen-bond acceptors (Lipinski definition) is 5. The molecule has 54 heavy (non-hydrogen) atoms. The van der Waals surface area contributed by atoms with Crippen LogP contribution in [0.1, 0.15) is 0 Å². The van der Waals surface area contributed by atoms with Crippen LogP contribution in [0, 0.1) is 0 Å². The van der Waals surface area contributed by atoms with Gasteiger partial charge in [0.1, 0.15) is 0 Å². The average molecular weight is 690 g/mol. The molecule has 0 amide bonds. The van der Waals surface area contributed by atoms with Crippen LogP contribution in [0.5, 0.6) is 0 Å². The summed E-state index contributed by atoms with van der Waals surface area (Å²) >= 11 is 0. The second-order valence-corrected chi connectivity index (χ2v) is 13.4. The van der Waals surface area contributed by atoms with E-state index in [2.05, 4.69) is 109 Å². The topological polar surface area (TPSA) is 64.5 Å². The zero-order valence-electron chi connectivity index (χ0n) is 29.1. The summed E-state index contributed by atoms with van der Waals surface area (Å²) in [5, 5.41) is 4.39. The first-order valence-electron chi connectivity index (χ1n) is 18.0. The third-order valence-electron chi connectivity index (χ3n) is 9.88. The molecule has 0 N–H and O–H groups in total. The van der Waals surface area contributed by atoms with Crippen molar-refractivity contribution >= 4 is 32.6 Å². The van der Waals surface area contributed by atoms with Crippen molar-refractivity contribution in [2.45, 2.75) is 0 Å². The Hall–Kier alpha value is -7.37. The second kappa shape index (κ2) is 13.3. The summed E-state index contributed by atoms with van der Waals surface area (Å²) in [5.41, 5.74) is 10.9. The number of nitrogens with zero attached hydrogens (tertiary/aromatic N) is 5. The van der Waals surface area contributed by atoms with Gasteiger partial charge in [0, 0.05) is 38.6 Å². The smallest absolute Gasteiger partial charge is 0.164 e. The molecule has 3 aromatic heterocycles. The standard InChI is InChI=1S/C49H31N5/c1-4-11-32(12-5-1)43-27-25-33-19-20-34-26-28-44(51-46(34)45(33)50-43)41-18-10-17-37(30-41)38-21-22-40-31-42(24-23-39(40)29-38)49-53-47(35-13-6-2-7-14-35)52-48(54-49)36-15-8-3-9-16-36/h1-31H. The molecule has 0 aliphatic heterocycles. The van der Waals surface area contributed by atoms with E-state index >= 15 is 0 Å². The highest BCUT2D eigenvalue weighted by Gasteiger charge is 2.14. The molecule has 0 aliphatic rings. The van der Waals surface area contributed by atoms with Crippen LogP contribution in [0.2, 0.25) is 0 Å². The Labute approximate surface area is 312 Å². The van der Waals surface area contributed by atoms with Gasteiger partial charge in [-0.3, -0.25) is 0 Å². The molecular formula is C49H31N5. The van der Waals surface area contributed by atoms with E-state index in [0.29, 0.717) is 17.5 Å². The van der Waals surface area contributed by atoms with E-state index in [9.17, 15) is 0 Å². The summed E-state index contributed by atoms with van der Waals surface area (Å²) in [6.07, 6.45) is 0. The van der Waals surface area contributed by atoms with E-state index in [0.717, 1.165) is 82.9 Å². The fourth-order valence-electron chi connectivity index (χ4n) is 7.06. The minimum absolute atomic E-state index is 0.642. The Morgan fingerprint density at radius 3 is 1.19 bits per heavy atom. The van der Waals surface area contributed by atoms with Gasteiger partial charge in [-0.2, -0.15) is 0 Å². The van der Waals surface area contributed by atoms with Gasteiger partial charge in [0.25, 0.3) is 0 Å². The van der Waals surface area contributed by atoms with Crippen LogP contribution >= 0.6 is 0 Å². The molecule has 10 aromatic rings. The van der Waals surface area contributed by atoms with Crippen molar-refractivity contribution in [2.75, 3.05) is 0 Å². The summed E-state index contributed by atoms with van der Waals surface area (Å²) in [6.45, 7) is 0. The molecule has 0 bridgehead atoms. The van der Waals surface area contributed by atoms with Gasteiger partial charge in [0.15, 0.2) is 17.5 Å². The lowest BCUT2D eigenvalue weighted by Crippen LogP contribution is -2.00. The lowest BCUT2D eigenvalue weighted by molar-refractivity contribution is 1.07. The van der Waals surface area contributed by atoms with Gasteiger partial charge < -0.3 is 0 Å². The zero-order chi connectivity index (χ0) is 35.8. The van der Waals surface area contributed by atoms with Gasteiger partial charge in [-0.05, 0) is 52.2 Å². The molecule has 0 aliphatic carbocycles. The van der Waals surface area contributed by atoms with Crippen LogP contribution in [0.3, 0.4) is 0 Å². The number of hydrogen-bond donors (Lipinski definition) is 0. The molecular weight excluding hydrogens is 659 g/mol. The quantitative estimate of drug-likeness (QED) is 0.163. The fourth-order valence-corrected chi connectivity index (χ4v) is 7.06. The Kier molecular flexibility index (Phi) is 7.73. The molecule has 0 saturated carbocycles. The predicted molar refractivity (Wildman–Crippen MR) is 221 cm³/mol. The minimum atomic E-state index is 0.642. The Morgan fingerprint density at radius 1 is 0.222 bits per heavy atom. The van der Waals surface area contributed by atoms with Gasteiger partial charge in [-0.1, -0.05) is 158 Å². The lowest BCUT2D eigenvalue weighted by Gasteiger charge is -2.11. The van der Waals surface area contributed by atoms with E-state index < -0.39 is 0 Å². The predicted octanol–water partition coefficient (Wildman–Crippen LogP) is 12.1. The molecule has 0 spiro atoms. The zero-order valence-corrected chi connectivity index (χ0v) is 29.1. The first-order valence-corrected chi connectivity index (χ1v) is 18.0. The molecule has 3 heterocycles. The van der Waals surface area contributed by atoms with E-state index in [1.54, 1.807) is 0 Å². The molecule has 10 rings (SSSR count). The van der Waals surface area contributed by atoms with Gasteiger partial charge in [0.05, 0.1) is 22.4 Å². The minimum Gasteiger partial charge on any atom is -0.245 e. The van der Waals surface area contributed by atoms with Crippen molar-refractivity contribution in [2.24, 2.45) is 0 Å². The molecule has 7 aromatic carbocycles. The van der Waals surface area contributed by atoms with Crippen molar-refractivity contribution in [3.8, 4) is 67.8 Å². The van der Waals surface area contributed by atoms with Crippen LogP contribution in [0.25, 0.3) is 100 Å². The van der Waals surface area contributed by atoms with Crippen LogP contribution in [-0.2, 0) is 0 Å². The third kappa shape index (κ3) is 5.94. The average Bonchev–Trinajstić information content (AvgIpc) is 3.26. The van der Waals surface area contributed by atoms with Crippen molar-refractivity contribution in [3.63, 3.8) is 0 Å². The number of rotatable bonds is 6. The lowest BCUT2D eigenvalue weighted by atomic mass is 9.97. The molecule has 0 fully saturated rings. The number of benzene rings is 7. The Balaban J connectivity index is 0.998. The summed E-state index contributed by atoms with van der Waals surface area (Å²) in [5.74, 6) is 1.94. The highest BCUT2D eigenvalue weighted by molar-refractivity contribution is 6.04. The second-order valence-electron chi connectivity index (χ2n) is 13.4. The number of fused-ring (bicyclic) bond motifs is 4. The summed E-state index contributed by atoms with van der Waals surface area (Å²) < 4.78 is 0. The van der Waals surface area contributed by atoms with E-state index in [1.807, 2.05) is 78.9 Å². The first-order chi connectivity index (χ1) is 26.7. The van der Waals surface area contributed by atoms with Gasteiger partial charge in [-0.15, -0.1) is 0 Å². The first kappa shape index (κ1) is 31.4. The Bertz CT molecular complexity index is 2920. The van der Waals surface area contributed by atoms with Crippen LogP contribution < -0.4 is 0 Å². The highest BCUT2D eigenvalue weighted by Crippen LogP contribution is 2.33. The van der Waals surface area contributed by atoms with Crippen LogP contribution in [-0.4, -0.2) is 24.9 Å². The van der Waals surface area contributed by atoms with E-state index in [-0.39, 0.29) is 0 Å². The fraction of sp³-hybridized carbons (Fsp3) is 0. The monoisotopic (exact) mass is 689 g/mol. The summed E-state index contributed by atoms with van der Waals surface area (Å²) in [4.78, 5) is 25.0. The van der Waals surface area contributed by atoms with Gasteiger partial charge in [0.2, 0.25) is 0 Å². The molecule has 0 unspecified atom stereocenters. The number of pyridine rings is 2. The molecule has 5 heteroatoms. The summed E-state index contributed by atoms with van der Waals surface area (Å²) in [7, 11) is 0. The van der Waals surface area contributed by atoms with E-state index in [4.69, 9.17) is 24.9 Å². The normalized spacial score (nSPS) is 11.3. The number of aromatic nitrogens is 5. The van der Waals surface area contributed by atoms with E-state index in [1.165, 1.54) is 0 Å². The van der Waals surface area contributed by atoms with Crippen molar-refractivity contribution in [3.05, 3.63) is 188 Å². The molecule has 0 atom stereocenters. The van der Waals surface area contributed by atoms with Crippen LogP contribution in [0.15, 0.2) is 188 Å². The largest absolute Gasteiger partial charge is 0.245 e. The van der Waals surface area contributed by atoms with Crippen LogP contribution in [0.4, 0.5) is 0 Å². The maximum absolute atomic E-state index is 5.20. The third-order valence-corrected chi connectivity index (χ3v) is 9.88. The van der Waals surface area contributed by atoms with Gasteiger partial charge >= 0.3 is 0 Å². The van der Waals surface area contributed by atoms with Crippen molar-refractivity contribution in [1.82, 2.24) is 24.9 Å². The summed E-state index contributed by atoms with van der Waals surface area (Å²) in [6, 6.07) is 64.8. The van der Waals surface area contributed by atoms with Crippen molar-refractivity contribution in [1.29, 1.82) is 0 Å². The molecule has 5 nitrogen and oxygen atoms in total. The molecule has 0 saturated heterocycles. The SMILES string of the molecule is c1ccc(-c2ccc3ccc4ccc(-c5cccc(-c6ccc7cc(-c8nc(-c9ccccc9)nc(-c9ccccc9)n8)ccc7c6)c5)nc4c3n2)cc1. The van der Waals surface area contributed by atoms with Crippen molar-refractivity contribution < 1.29 is 0 Å². The molecule has 252 valence electrons. The highest BCUT2D eigenvalue weighted by atomic mass is 15.0. The Morgan fingerprint density at radius 2 is 0.611 bits per heavy atom. The maximum atomic E-state index is 5.20. The maximum Gasteiger partial charge on any atom is 0.164 e. The van der Waals surface area contributed by atoms with Gasteiger partial charge in [-0.25, -0.2) is 24.9 Å².